The van der Waals surface area contributed by atoms with Gasteiger partial charge in [-0.2, -0.15) is 0 Å². The van der Waals surface area contributed by atoms with Crippen LogP contribution in [0.5, 0.6) is 0 Å². The molecule has 3 heterocycles. The Kier molecular flexibility index (Phi) is 7.42. The van der Waals surface area contributed by atoms with Gasteiger partial charge in [0.1, 0.15) is 0 Å². The largest absolute Gasteiger partial charge is 0.369 e. The summed E-state index contributed by atoms with van der Waals surface area (Å²) in [5.74, 6) is 0.634. The Bertz CT molecular complexity index is 1180. The predicted molar refractivity (Wildman–Crippen MR) is 144 cm³/mol. The Morgan fingerprint density at radius 1 is 0.917 bits per heavy atom. The van der Waals surface area contributed by atoms with Crippen molar-refractivity contribution >= 4 is 23.2 Å². The number of hydrogen-bond donors (Lipinski definition) is 1. The molecule has 2 aliphatic heterocycles. The number of hydrazine groups is 1. The number of nitrogens with zero attached hydrogens (tertiary/aromatic N) is 6. The number of pyridine rings is 1. The molecule has 1 amide bonds. The molecule has 5 rings (SSSR count). The SMILES string of the molecule is CN1C(=O)c2ccccc2NC(=NCc2cccnc2)N1CCCN1CCN(c2ccccc2)CC1. The highest BCUT2D eigenvalue weighted by molar-refractivity contribution is 6.07. The maximum absolute atomic E-state index is 13.3. The van der Waals surface area contributed by atoms with Crippen molar-refractivity contribution in [3.63, 3.8) is 0 Å². The predicted octanol–water partition coefficient (Wildman–Crippen LogP) is 3.56. The normalized spacial score (nSPS) is 17.6. The molecule has 0 unspecified atom stereocenters. The van der Waals surface area contributed by atoms with Crippen molar-refractivity contribution in [2.75, 3.05) is 56.5 Å². The molecule has 1 saturated heterocycles. The first kappa shape index (κ1) is 23.8. The fourth-order valence-electron chi connectivity index (χ4n) is 4.74. The van der Waals surface area contributed by atoms with E-state index in [9.17, 15) is 4.79 Å². The number of hydrogen-bond acceptors (Lipinski definition) is 5. The second-order valence-electron chi connectivity index (χ2n) is 9.14. The smallest absolute Gasteiger partial charge is 0.274 e. The van der Waals surface area contributed by atoms with Gasteiger partial charge in [0, 0.05) is 64.4 Å². The first-order chi connectivity index (χ1) is 17.7. The Labute approximate surface area is 212 Å². The van der Waals surface area contributed by atoms with Gasteiger partial charge in [-0.05, 0) is 42.3 Å². The monoisotopic (exact) mass is 483 g/mol. The third kappa shape index (κ3) is 5.49. The minimum Gasteiger partial charge on any atom is -0.369 e. The summed E-state index contributed by atoms with van der Waals surface area (Å²) in [6.07, 6.45) is 4.51. The van der Waals surface area contributed by atoms with E-state index in [2.05, 4.69) is 50.4 Å². The van der Waals surface area contributed by atoms with Crippen molar-refractivity contribution in [3.8, 4) is 0 Å². The molecule has 1 aromatic heterocycles. The van der Waals surface area contributed by atoms with Crippen molar-refractivity contribution in [1.82, 2.24) is 19.9 Å². The molecule has 186 valence electrons. The molecule has 0 spiro atoms. The second kappa shape index (κ2) is 11.2. The summed E-state index contributed by atoms with van der Waals surface area (Å²) in [7, 11) is 1.82. The lowest BCUT2D eigenvalue weighted by Gasteiger charge is -2.37. The van der Waals surface area contributed by atoms with Crippen LogP contribution >= 0.6 is 0 Å². The molecule has 36 heavy (non-hydrogen) atoms. The van der Waals surface area contributed by atoms with Gasteiger partial charge in [0.25, 0.3) is 5.91 Å². The van der Waals surface area contributed by atoms with Gasteiger partial charge in [-0.25, -0.2) is 4.99 Å². The highest BCUT2D eigenvalue weighted by atomic mass is 16.2. The molecule has 1 fully saturated rings. The maximum Gasteiger partial charge on any atom is 0.274 e. The van der Waals surface area contributed by atoms with Gasteiger partial charge in [-0.15, -0.1) is 0 Å². The molecule has 0 atom stereocenters. The molecule has 2 aliphatic rings. The summed E-state index contributed by atoms with van der Waals surface area (Å²) >= 11 is 0. The van der Waals surface area contributed by atoms with Gasteiger partial charge in [-0.1, -0.05) is 36.4 Å². The zero-order chi connectivity index (χ0) is 24.7. The van der Waals surface area contributed by atoms with Crippen LogP contribution < -0.4 is 10.2 Å². The number of aromatic nitrogens is 1. The fraction of sp³-hybridized carbons (Fsp3) is 0.321. The van der Waals surface area contributed by atoms with Crippen molar-refractivity contribution in [2.45, 2.75) is 13.0 Å². The lowest BCUT2D eigenvalue weighted by Crippen LogP contribution is -2.50. The van der Waals surface area contributed by atoms with Gasteiger partial charge < -0.3 is 10.2 Å². The summed E-state index contributed by atoms with van der Waals surface area (Å²) < 4.78 is 0. The molecule has 8 nitrogen and oxygen atoms in total. The quantitative estimate of drug-likeness (QED) is 0.554. The average molecular weight is 484 g/mol. The van der Waals surface area contributed by atoms with E-state index in [1.807, 2.05) is 54.7 Å². The number of carbonyl (C=O) groups excluding carboxylic acids is 1. The summed E-state index contributed by atoms with van der Waals surface area (Å²) in [4.78, 5) is 27.3. The molecular formula is C28H33N7O. The van der Waals surface area contributed by atoms with Crippen molar-refractivity contribution < 1.29 is 4.79 Å². The molecule has 0 radical (unpaired) electrons. The van der Waals surface area contributed by atoms with E-state index in [4.69, 9.17) is 4.99 Å². The molecule has 8 heteroatoms. The number of rotatable bonds is 7. The number of carbonyl (C=O) groups is 1. The Morgan fingerprint density at radius 3 is 2.47 bits per heavy atom. The number of benzene rings is 2. The summed E-state index contributed by atoms with van der Waals surface area (Å²) in [5, 5.41) is 7.09. The Hall–Kier alpha value is -3.91. The van der Waals surface area contributed by atoms with Crippen molar-refractivity contribution in [2.24, 2.45) is 4.99 Å². The highest BCUT2D eigenvalue weighted by Crippen LogP contribution is 2.23. The van der Waals surface area contributed by atoms with E-state index in [1.54, 1.807) is 11.2 Å². The minimum atomic E-state index is -0.0406. The molecule has 0 saturated carbocycles. The van der Waals surface area contributed by atoms with Gasteiger partial charge in [0.05, 0.1) is 17.8 Å². The van der Waals surface area contributed by atoms with Crippen LogP contribution in [0.2, 0.25) is 0 Å². The Morgan fingerprint density at radius 2 is 1.69 bits per heavy atom. The number of anilines is 2. The van der Waals surface area contributed by atoms with E-state index in [0.717, 1.165) is 50.4 Å². The van der Waals surface area contributed by atoms with Crippen LogP contribution in [0.3, 0.4) is 0 Å². The van der Waals surface area contributed by atoms with E-state index < -0.39 is 0 Å². The molecule has 0 aliphatic carbocycles. The number of fused-ring (bicyclic) bond motifs is 1. The highest BCUT2D eigenvalue weighted by Gasteiger charge is 2.29. The molecule has 1 N–H and O–H groups in total. The molecular weight excluding hydrogens is 450 g/mol. The van der Waals surface area contributed by atoms with E-state index in [-0.39, 0.29) is 5.91 Å². The van der Waals surface area contributed by atoms with Crippen LogP contribution in [-0.4, -0.2) is 78.1 Å². The van der Waals surface area contributed by atoms with Crippen LogP contribution in [0.25, 0.3) is 0 Å². The molecule has 2 aromatic carbocycles. The van der Waals surface area contributed by atoms with Crippen LogP contribution in [0.4, 0.5) is 11.4 Å². The number of guanidine groups is 1. The lowest BCUT2D eigenvalue weighted by molar-refractivity contribution is 0.0409. The summed E-state index contributed by atoms with van der Waals surface area (Å²) in [6, 6.07) is 22.1. The first-order valence-electron chi connectivity index (χ1n) is 12.6. The Balaban J connectivity index is 1.24. The summed E-state index contributed by atoms with van der Waals surface area (Å²) in [6.45, 7) is 6.28. The number of nitrogens with one attached hydrogen (secondary N) is 1. The number of aliphatic imine (C=N–C) groups is 1. The van der Waals surface area contributed by atoms with Crippen LogP contribution in [0.1, 0.15) is 22.3 Å². The van der Waals surface area contributed by atoms with E-state index in [0.29, 0.717) is 24.6 Å². The maximum atomic E-state index is 13.3. The fourth-order valence-corrected chi connectivity index (χ4v) is 4.74. The standard InChI is InChI=1S/C28H33N7O/c1-32-27(36)25-12-5-6-13-26(25)31-28(30-22-23-9-7-14-29-21-23)35(32)16-8-15-33-17-19-34(20-18-33)24-10-3-2-4-11-24/h2-7,9-14,21H,8,15-20,22H2,1H3,(H,30,31). The third-order valence-electron chi connectivity index (χ3n) is 6.78. The van der Waals surface area contributed by atoms with Crippen LogP contribution in [-0.2, 0) is 6.54 Å². The lowest BCUT2D eigenvalue weighted by atomic mass is 10.1. The zero-order valence-corrected chi connectivity index (χ0v) is 20.8. The molecule has 3 aromatic rings. The van der Waals surface area contributed by atoms with Crippen LogP contribution in [0, 0.1) is 0 Å². The second-order valence-corrected chi connectivity index (χ2v) is 9.14. The summed E-state index contributed by atoms with van der Waals surface area (Å²) in [5.41, 5.74) is 3.74. The van der Waals surface area contributed by atoms with Gasteiger partial charge in [0.2, 0.25) is 5.96 Å². The van der Waals surface area contributed by atoms with Gasteiger partial charge >= 0.3 is 0 Å². The van der Waals surface area contributed by atoms with Crippen LogP contribution in [0.15, 0.2) is 84.1 Å². The van der Waals surface area contributed by atoms with Gasteiger partial charge in [-0.3, -0.25) is 24.7 Å². The number of piperazine rings is 1. The minimum absolute atomic E-state index is 0.0406. The van der Waals surface area contributed by atoms with Crippen molar-refractivity contribution in [1.29, 1.82) is 0 Å². The van der Waals surface area contributed by atoms with Crippen molar-refractivity contribution in [3.05, 3.63) is 90.3 Å². The van der Waals surface area contributed by atoms with Gasteiger partial charge in [0.15, 0.2) is 0 Å². The number of amides is 1. The van der Waals surface area contributed by atoms with E-state index >= 15 is 0 Å². The molecule has 0 bridgehead atoms. The zero-order valence-electron chi connectivity index (χ0n) is 20.8. The topological polar surface area (TPSA) is 67.3 Å². The first-order valence-corrected chi connectivity index (χ1v) is 12.6. The number of para-hydroxylation sites is 2. The average Bonchev–Trinajstić information content (AvgIpc) is 3.03. The van der Waals surface area contributed by atoms with E-state index in [1.165, 1.54) is 5.69 Å². The third-order valence-corrected chi connectivity index (χ3v) is 6.78.